The van der Waals surface area contributed by atoms with Gasteiger partial charge in [0, 0.05) is 12.5 Å². The van der Waals surface area contributed by atoms with Crippen LogP contribution in [-0.4, -0.2) is 26.4 Å². The molecule has 70 valence electrons. The van der Waals surface area contributed by atoms with Gasteiger partial charge < -0.3 is 4.74 Å². The Morgan fingerprint density at radius 2 is 2.38 bits per heavy atom. The van der Waals surface area contributed by atoms with Crippen molar-refractivity contribution in [2.75, 3.05) is 6.61 Å². The monoisotopic (exact) mass is 180 g/mol. The minimum atomic E-state index is 0.643. The highest BCUT2D eigenvalue weighted by molar-refractivity contribution is 5.40. The Morgan fingerprint density at radius 1 is 1.54 bits per heavy atom. The maximum atomic E-state index is 5.27. The van der Waals surface area contributed by atoms with Crippen LogP contribution in [0.5, 0.6) is 5.88 Å². The van der Waals surface area contributed by atoms with E-state index >= 15 is 0 Å². The first-order valence-corrected chi connectivity index (χ1v) is 4.41. The van der Waals surface area contributed by atoms with Crippen LogP contribution in [-0.2, 0) is 6.42 Å². The first-order chi connectivity index (χ1) is 6.33. The SMILES string of the molecule is CCOc1cc2nc(CC)nn2[nH]1. The van der Waals surface area contributed by atoms with E-state index in [1.165, 1.54) is 0 Å². The number of fused-ring (bicyclic) bond motifs is 1. The number of rotatable bonds is 3. The summed E-state index contributed by atoms with van der Waals surface area (Å²) in [4.78, 5) is 4.27. The molecule has 0 aliphatic carbocycles. The molecule has 0 spiro atoms. The highest BCUT2D eigenvalue weighted by Crippen LogP contribution is 2.10. The molecule has 0 unspecified atom stereocenters. The van der Waals surface area contributed by atoms with E-state index < -0.39 is 0 Å². The van der Waals surface area contributed by atoms with Crippen molar-refractivity contribution in [3.63, 3.8) is 0 Å². The highest BCUT2D eigenvalue weighted by atomic mass is 16.5. The van der Waals surface area contributed by atoms with Crippen molar-refractivity contribution in [1.82, 2.24) is 19.8 Å². The summed E-state index contributed by atoms with van der Waals surface area (Å²) in [5, 5.41) is 7.18. The summed E-state index contributed by atoms with van der Waals surface area (Å²) in [7, 11) is 0. The summed E-state index contributed by atoms with van der Waals surface area (Å²) >= 11 is 0. The van der Waals surface area contributed by atoms with Crippen molar-refractivity contribution in [3.8, 4) is 5.88 Å². The summed E-state index contributed by atoms with van der Waals surface area (Å²) in [5.41, 5.74) is 0.806. The quantitative estimate of drug-likeness (QED) is 0.767. The second kappa shape index (κ2) is 3.08. The Labute approximate surface area is 75.7 Å². The number of ether oxygens (including phenoxy) is 1. The molecule has 0 saturated heterocycles. The standard InChI is InChI=1S/C8H12N4O/c1-3-6-9-7-5-8(13-4-2)11-12(7)10-6/h5,11H,3-4H2,1-2H3. The van der Waals surface area contributed by atoms with Gasteiger partial charge in [-0.3, -0.25) is 0 Å². The van der Waals surface area contributed by atoms with E-state index in [9.17, 15) is 0 Å². The molecule has 0 aliphatic heterocycles. The molecule has 1 N–H and O–H groups in total. The van der Waals surface area contributed by atoms with Gasteiger partial charge in [-0.15, -0.1) is 5.10 Å². The van der Waals surface area contributed by atoms with E-state index in [1.807, 2.05) is 19.9 Å². The molecule has 2 aromatic rings. The van der Waals surface area contributed by atoms with Crippen LogP contribution in [0.4, 0.5) is 0 Å². The van der Waals surface area contributed by atoms with Gasteiger partial charge in [0.05, 0.1) is 6.61 Å². The lowest BCUT2D eigenvalue weighted by molar-refractivity contribution is 0.324. The van der Waals surface area contributed by atoms with E-state index in [0.29, 0.717) is 12.5 Å². The van der Waals surface area contributed by atoms with Gasteiger partial charge in [-0.1, -0.05) is 6.92 Å². The smallest absolute Gasteiger partial charge is 0.211 e. The Hall–Kier alpha value is -1.52. The van der Waals surface area contributed by atoms with Crippen LogP contribution in [0.25, 0.3) is 5.65 Å². The number of hydrogen-bond donors (Lipinski definition) is 1. The Balaban J connectivity index is 2.36. The Morgan fingerprint density at radius 3 is 3.00 bits per heavy atom. The molecule has 0 bridgehead atoms. The van der Waals surface area contributed by atoms with Gasteiger partial charge in [0.25, 0.3) is 0 Å². The number of nitrogens with one attached hydrogen (secondary N) is 1. The number of H-pyrrole nitrogens is 1. The maximum Gasteiger partial charge on any atom is 0.211 e. The van der Waals surface area contributed by atoms with Gasteiger partial charge in [0.1, 0.15) is 0 Å². The molecule has 5 nitrogen and oxygen atoms in total. The zero-order valence-electron chi connectivity index (χ0n) is 7.74. The van der Waals surface area contributed by atoms with Gasteiger partial charge in [-0.05, 0) is 6.92 Å². The molecular formula is C8H12N4O. The van der Waals surface area contributed by atoms with E-state index in [1.54, 1.807) is 4.63 Å². The third kappa shape index (κ3) is 1.37. The normalized spacial score (nSPS) is 10.9. The fourth-order valence-electron chi connectivity index (χ4n) is 1.18. The second-order valence-corrected chi connectivity index (χ2v) is 2.70. The van der Waals surface area contributed by atoms with Crippen LogP contribution in [0.2, 0.25) is 0 Å². The Kier molecular flexibility index (Phi) is 1.92. The molecule has 5 heteroatoms. The molecule has 0 amide bonds. The van der Waals surface area contributed by atoms with Crippen LogP contribution in [0.15, 0.2) is 6.07 Å². The van der Waals surface area contributed by atoms with Crippen LogP contribution in [0.3, 0.4) is 0 Å². The first kappa shape index (κ1) is 8.10. The van der Waals surface area contributed by atoms with Crippen molar-refractivity contribution in [2.45, 2.75) is 20.3 Å². The molecule has 2 heterocycles. The maximum absolute atomic E-state index is 5.27. The molecule has 2 aromatic heterocycles. The molecule has 0 saturated carbocycles. The van der Waals surface area contributed by atoms with Crippen LogP contribution >= 0.6 is 0 Å². The molecular weight excluding hydrogens is 168 g/mol. The number of nitrogens with zero attached hydrogens (tertiary/aromatic N) is 3. The van der Waals surface area contributed by atoms with E-state index in [0.717, 1.165) is 17.9 Å². The molecule has 2 rings (SSSR count). The fourth-order valence-corrected chi connectivity index (χ4v) is 1.18. The minimum absolute atomic E-state index is 0.643. The van der Waals surface area contributed by atoms with E-state index in [-0.39, 0.29) is 0 Å². The van der Waals surface area contributed by atoms with E-state index in [2.05, 4.69) is 15.2 Å². The molecule has 0 atom stereocenters. The van der Waals surface area contributed by atoms with Gasteiger partial charge >= 0.3 is 0 Å². The molecule has 0 radical (unpaired) electrons. The lowest BCUT2D eigenvalue weighted by Crippen LogP contribution is -1.94. The highest BCUT2D eigenvalue weighted by Gasteiger charge is 2.05. The summed E-state index contributed by atoms with van der Waals surface area (Å²) in [5.74, 6) is 1.55. The van der Waals surface area contributed by atoms with Crippen LogP contribution in [0.1, 0.15) is 19.7 Å². The number of aromatic amines is 1. The molecule has 13 heavy (non-hydrogen) atoms. The molecule has 0 fully saturated rings. The van der Waals surface area contributed by atoms with Gasteiger partial charge in [-0.25, -0.2) is 10.1 Å². The fraction of sp³-hybridized carbons (Fsp3) is 0.500. The zero-order valence-corrected chi connectivity index (χ0v) is 7.74. The van der Waals surface area contributed by atoms with E-state index in [4.69, 9.17) is 4.74 Å². The average molecular weight is 180 g/mol. The average Bonchev–Trinajstić information content (AvgIpc) is 2.61. The predicted molar refractivity (Wildman–Crippen MR) is 47.9 cm³/mol. The topological polar surface area (TPSA) is 55.2 Å². The van der Waals surface area contributed by atoms with Crippen molar-refractivity contribution < 1.29 is 4.74 Å². The minimum Gasteiger partial charge on any atom is -0.478 e. The lowest BCUT2D eigenvalue weighted by Gasteiger charge is -1.94. The Bertz CT molecular complexity index is 372. The molecule has 0 aliphatic rings. The largest absolute Gasteiger partial charge is 0.478 e. The van der Waals surface area contributed by atoms with Gasteiger partial charge in [0.15, 0.2) is 11.5 Å². The second-order valence-electron chi connectivity index (χ2n) is 2.70. The van der Waals surface area contributed by atoms with Crippen molar-refractivity contribution in [1.29, 1.82) is 0 Å². The third-order valence-corrected chi connectivity index (χ3v) is 1.77. The zero-order chi connectivity index (χ0) is 9.26. The van der Waals surface area contributed by atoms with Gasteiger partial charge in [0.2, 0.25) is 5.88 Å². The first-order valence-electron chi connectivity index (χ1n) is 4.41. The van der Waals surface area contributed by atoms with Crippen molar-refractivity contribution in [3.05, 3.63) is 11.9 Å². The number of aromatic nitrogens is 4. The van der Waals surface area contributed by atoms with Crippen LogP contribution in [0, 0.1) is 0 Å². The third-order valence-electron chi connectivity index (χ3n) is 1.77. The summed E-state index contributed by atoms with van der Waals surface area (Å²) in [6.07, 6.45) is 0.847. The van der Waals surface area contributed by atoms with Crippen molar-refractivity contribution in [2.24, 2.45) is 0 Å². The predicted octanol–water partition coefficient (Wildman–Crippen LogP) is 1.02. The summed E-state index contributed by atoms with van der Waals surface area (Å²) in [6, 6.07) is 1.84. The van der Waals surface area contributed by atoms with Crippen LogP contribution < -0.4 is 4.74 Å². The van der Waals surface area contributed by atoms with Gasteiger partial charge in [-0.2, -0.15) is 4.63 Å². The van der Waals surface area contributed by atoms with Crippen molar-refractivity contribution >= 4 is 5.65 Å². The molecule has 0 aromatic carbocycles. The number of hydrogen-bond acceptors (Lipinski definition) is 3. The summed E-state index contributed by atoms with van der Waals surface area (Å²) in [6.45, 7) is 4.61. The lowest BCUT2D eigenvalue weighted by atomic mass is 10.5. The number of aryl methyl sites for hydroxylation is 1. The summed E-state index contributed by atoms with van der Waals surface area (Å²) < 4.78 is 6.90.